The predicted octanol–water partition coefficient (Wildman–Crippen LogP) is 0.138. The molecule has 0 radical (unpaired) electrons. The van der Waals surface area contributed by atoms with Crippen LogP contribution < -0.4 is 5.32 Å². The Labute approximate surface area is 87.7 Å². The molecule has 1 unspecified atom stereocenters. The molecule has 5 heteroatoms. The van der Waals surface area contributed by atoms with E-state index in [1.54, 1.807) is 6.26 Å². The van der Waals surface area contributed by atoms with Gasteiger partial charge in [-0.3, -0.25) is 9.69 Å². The Morgan fingerprint density at radius 1 is 1.73 bits per heavy atom. The lowest BCUT2D eigenvalue weighted by molar-refractivity contribution is -0.144. The van der Waals surface area contributed by atoms with Gasteiger partial charge < -0.3 is 14.8 Å². The SMILES string of the molecule is O=C(O)C1CNCCN1Cc1ccco1. The molecule has 1 aromatic heterocycles. The maximum absolute atomic E-state index is 11.0. The minimum absolute atomic E-state index is 0.455. The molecule has 2 rings (SSSR count). The fraction of sp³-hybridized carbons (Fsp3) is 0.500. The summed E-state index contributed by atoms with van der Waals surface area (Å²) in [6, 6.07) is 3.22. The van der Waals surface area contributed by atoms with Gasteiger partial charge in [-0.1, -0.05) is 0 Å². The van der Waals surface area contributed by atoms with Gasteiger partial charge in [0.15, 0.2) is 0 Å². The van der Waals surface area contributed by atoms with Crippen LogP contribution >= 0.6 is 0 Å². The van der Waals surface area contributed by atoms with Crippen molar-refractivity contribution in [3.05, 3.63) is 24.2 Å². The van der Waals surface area contributed by atoms with Gasteiger partial charge in [0.1, 0.15) is 11.8 Å². The second kappa shape index (κ2) is 4.46. The number of furan rings is 1. The Morgan fingerprint density at radius 3 is 3.27 bits per heavy atom. The molecule has 0 aliphatic carbocycles. The number of aliphatic carboxylic acids is 1. The number of nitrogens with zero attached hydrogens (tertiary/aromatic N) is 1. The van der Waals surface area contributed by atoms with E-state index in [4.69, 9.17) is 9.52 Å². The summed E-state index contributed by atoms with van der Waals surface area (Å²) in [6.07, 6.45) is 1.60. The Balaban J connectivity index is 2.02. The first kappa shape index (κ1) is 10.2. The predicted molar refractivity (Wildman–Crippen MR) is 53.4 cm³/mol. The summed E-state index contributed by atoms with van der Waals surface area (Å²) in [6.45, 7) is 2.61. The molecule has 0 amide bonds. The first-order valence-corrected chi connectivity index (χ1v) is 4.97. The number of carbonyl (C=O) groups is 1. The third-order valence-corrected chi connectivity index (χ3v) is 2.58. The van der Waals surface area contributed by atoms with Crippen molar-refractivity contribution in [2.45, 2.75) is 12.6 Å². The highest BCUT2D eigenvalue weighted by Gasteiger charge is 2.28. The van der Waals surface area contributed by atoms with Crippen LogP contribution in [0, 0.1) is 0 Å². The van der Waals surface area contributed by atoms with Crippen LogP contribution in [-0.2, 0) is 11.3 Å². The van der Waals surface area contributed by atoms with Gasteiger partial charge in [0.25, 0.3) is 0 Å². The van der Waals surface area contributed by atoms with E-state index < -0.39 is 12.0 Å². The van der Waals surface area contributed by atoms with E-state index in [9.17, 15) is 4.79 Å². The van der Waals surface area contributed by atoms with E-state index in [1.165, 1.54) is 0 Å². The Hall–Kier alpha value is -1.33. The van der Waals surface area contributed by atoms with Crippen molar-refractivity contribution in [3.8, 4) is 0 Å². The van der Waals surface area contributed by atoms with Gasteiger partial charge in [0, 0.05) is 19.6 Å². The van der Waals surface area contributed by atoms with Crippen LogP contribution in [0.25, 0.3) is 0 Å². The second-order valence-corrected chi connectivity index (χ2v) is 3.61. The highest BCUT2D eigenvalue weighted by Crippen LogP contribution is 2.10. The molecule has 1 atom stereocenters. The maximum atomic E-state index is 11.0. The maximum Gasteiger partial charge on any atom is 0.322 e. The Kier molecular flexibility index (Phi) is 3.03. The number of hydrogen-bond acceptors (Lipinski definition) is 4. The van der Waals surface area contributed by atoms with Crippen LogP contribution in [-0.4, -0.2) is 41.7 Å². The zero-order valence-corrected chi connectivity index (χ0v) is 8.35. The Morgan fingerprint density at radius 2 is 2.60 bits per heavy atom. The van der Waals surface area contributed by atoms with Crippen LogP contribution in [0.2, 0.25) is 0 Å². The van der Waals surface area contributed by atoms with E-state index in [2.05, 4.69) is 5.32 Å². The van der Waals surface area contributed by atoms with E-state index in [1.807, 2.05) is 17.0 Å². The zero-order valence-electron chi connectivity index (χ0n) is 8.35. The third kappa shape index (κ3) is 2.37. The molecule has 2 heterocycles. The third-order valence-electron chi connectivity index (χ3n) is 2.58. The molecular formula is C10H14N2O3. The molecule has 82 valence electrons. The summed E-state index contributed by atoms with van der Waals surface area (Å²) >= 11 is 0. The first-order chi connectivity index (χ1) is 7.27. The first-order valence-electron chi connectivity index (χ1n) is 4.97. The van der Waals surface area contributed by atoms with Gasteiger partial charge in [-0.15, -0.1) is 0 Å². The topological polar surface area (TPSA) is 65.7 Å². The van der Waals surface area contributed by atoms with Crippen molar-refractivity contribution >= 4 is 5.97 Å². The zero-order chi connectivity index (χ0) is 10.7. The molecule has 1 fully saturated rings. The largest absolute Gasteiger partial charge is 0.480 e. The number of nitrogens with one attached hydrogen (secondary N) is 1. The van der Waals surface area contributed by atoms with Crippen molar-refractivity contribution in [3.63, 3.8) is 0 Å². The fourth-order valence-corrected chi connectivity index (χ4v) is 1.78. The molecule has 2 N–H and O–H groups in total. The van der Waals surface area contributed by atoms with Gasteiger partial charge in [-0.2, -0.15) is 0 Å². The van der Waals surface area contributed by atoms with Crippen molar-refractivity contribution in [1.29, 1.82) is 0 Å². The summed E-state index contributed by atoms with van der Waals surface area (Å²) in [5.74, 6) is 0.0249. The fourth-order valence-electron chi connectivity index (χ4n) is 1.78. The normalized spacial score (nSPS) is 22.8. The molecule has 1 aliphatic heterocycles. The number of hydrogen-bond donors (Lipinski definition) is 2. The van der Waals surface area contributed by atoms with Crippen LogP contribution in [0.3, 0.4) is 0 Å². The molecule has 1 aromatic rings. The van der Waals surface area contributed by atoms with Crippen LogP contribution in [0.4, 0.5) is 0 Å². The van der Waals surface area contributed by atoms with Crippen molar-refractivity contribution in [1.82, 2.24) is 10.2 Å². The molecular weight excluding hydrogens is 196 g/mol. The molecule has 1 aliphatic rings. The standard InChI is InChI=1S/C10H14N2O3/c13-10(14)9-6-11-3-4-12(9)7-8-2-1-5-15-8/h1-2,5,9,11H,3-4,6-7H2,(H,13,14). The van der Waals surface area contributed by atoms with Crippen molar-refractivity contribution < 1.29 is 14.3 Å². The molecule has 5 nitrogen and oxygen atoms in total. The van der Waals surface area contributed by atoms with Crippen LogP contribution in [0.1, 0.15) is 5.76 Å². The van der Waals surface area contributed by atoms with Gasteiger partial charge in [0.05, 0.1) is 12.8 Å². The summed E-state index contributed by atoms with van der Waals surface area (Å²) < 4.78 is 5.21. The molecule has 0 aromatic carbocycles. The molecule has 1 saturated heterocycles. The lowest BCUT2D eigenvalue weighted by Gasteiger charge is -2.32. The summed E-state index contributed by atoms with van der Waals surface area (Å²) in [5, 5.41) is 12.1. The minimum atomic E-state index is -0.784. The highest BCUT2D eigenvalue weighted by atomic mass is 16.4. The Bertz CT molecular complexity index is 323. The number of piperazine rings is 1. The van der Waals surface area contributed by atoms with E-state index >= 15 is 0 Å². The summed E-state index contributed by atoms with van der Waals surface area (Å²) in [5.41, 5.74) is 0. The van der Waals surface area contributed by atoms with Gasteiger partial charge in [0.2, 0.25) is 0 Å². The van der Waals surface area contributed by atoms with Gasteiger partial charge in [-0.05, 0) is 12.1 Å². The summed E-state index contributed by atoms with van der Waals surface area (Å²) in [7, 11) is 0. The second-order valence-electron chi connectivity index (χ2n) is 3.61. The van der Waals surface area contributed by atoms with E-state index in [0.29, 0.717) is 13.1 Å². The highest BCUT2D eigenvalue weighted by molar-refractivity contribution is 5.73. The van der Waals surface area contributed by atoms with E-state index in [0.717, 1.165) is 18.8 Å². The molecule has 0 bridgehead atoms. The number of carboxylic acid groups (broad SMARTS) is 1. The lowest BCUT2D eigenvalue weighted by atomic mass is 10.2. The average Bonchev–Trinajstić information content (AvgIpc) is 2.71. The van der Waals surface area contributed by atoms with Gasteiger partial charge >= 0.3 is 5.97 Å². The molecule has 0 saturated carbocycles. The van der Waals surface area contributed by atoms with Crippen LogP contribution in [0.15, 0.2) is 22.8 Å². The number of carboxylic acids is 1. The van der Waals surface area contributed by atoms with Gasteiger partial charge in [-0.25, -0.2) is 0 Å². The van der Waals surface area contributed by atoms with E-state index in [-0.39, 0.29) is 0 Å². The smallest absolute Gasteiger partial charge is 0.322 e. The number of rotatable bonds is 3. The monoisotopic (exact) mass is 210 g/mol. The van der Waals surface area contributed by atoms with Crippen molar-refractivity contribution in [2.75, 3.05) is 19.6 Å². The average molecular weight is 210 g/mol. The molecule has 0 spiro atoms. The van der Waals surface area contributed by atoms with Crippen LogP contribution in [0.5, 0.6) is 0 Å². The quantitative estimate of drug-likeness (QED) is 0.742. The minimum Gasteiger partial charge on any atom is -0.480 e. The summed E-state index contributed by atoms with van der Waals surface area (Å²) in [4.78, 5) is 12.9. The van der Waals surface area contributed by atoms with Crippen molar-refractivity contribution in [2.24, 2.45) is 0 Å². The molecule has 15 heavy (non-hydrogen) atoms. The lowest BCUT2D eigenvalue weighted by Crippen LogP contribution is -2.54.